The van der Waals surface area contributed by atoms with Crippen LogP contribution < -0.4 is 29.6 Å². The number of ether oxygens (including phenoxy) is 1. The van der Waals surface area contributed by atoms with Gasteiger partial charge in [-0.15, -0.1) is 0 Å². The number of hydrogen-bond acceptors (Lipinski definition) is 4. The predicted octanol–water partition coefficient (Wildman–Crippen LogP) is -3.86. The summed E-state index contributed by atoms with van der Waals surface area (Å²) < 4.78 is 32.7. The molecule has 4 nitrogen and oxygen atoms in total. The molecule has 0 heterocycles. The average molecular weight is 148 g/mol. The van der Waals surface area contributed by atoms with Gasteiger partial charge in [-0.1, -0.05) is 0 Å². The maximum absolute atomic E-state index is 9.55. The molecule has 0 unspecified atom stereocenters. The molecule has 0 aromatic rings. The topological polar surface area (TPSA) is 66.4 Å². The summed E-state index contributed by atoms with van der Waals surface area (Å²) in [6.45, 7) is 0. The summed E-state index contributed by atoms with van der Waals surface area (Å²) in [7, 11) is -3.00. The van der Waals surface area contributed by atoms with Crippen molar-refractivity contribution in [3.8, 4) is 0 Å². The largest absolute Gasteiger partial charge is 1.00 e. The maximum Gasteiger partial charge on any atom is 1.00 e. The average Bonchev–Trinajstić information content (AvgIpc) is 1.30. The maximum atomic E-state index is 9.55. The van der Waals surface area contributed by atoms with Gasteiger partial charge in [-0.25, -0.2) is 8.42 Å². The SMILES string of the molecule is COCS(=O)(=O)[O-].[Na+]. The van der Waals surface area contributed by atoms with E-state index in [4.69, 9.17) is 0 Å². The Hall–Kier alpha value is 0.870. The van der Waals surface area contributed by atoms with Gasteiger partial charge in [0, 0.05) is 7.11 Å². The fraction of sp³-hybridized carbons (Fsp3) is 1.00. The van der Waals surface area contributed by atoms with Gasteiger partial charge in [0.05, 0.1) is 0 Å². The first-order valence-electron chi connectivity index (χ1n) is 1.49. The Morgan fingerprint density at radius 3 is 2.00 bits per heavy atom. The number of hydrogen-bond donors (Lipinski definition) is 0. The van der Waals surface area contributed by atoms with Crippen molar-refractivity contribution < 1.29 is 47.3 Å². The Morgan fingerprint density at radius 2 is 2.00 bits per heavy atom. The molecule has 0 saturated carbocycles. The molecular formula is C2H5NaO4S. The third-order valence-electron chi connectivity index (χ3n) is 0.262. The van der Waals surface area contributed by atoms with E-state index in [2.05, 4.69) is 4.74 Å². The Bertz CT molecular complexity index is 127. The predicted molar refractivity (Wildman–Crippen MR) is 21.6 cm³/mol. The minimum absolute atomic E-state index is 0. The van der Waals surface area contributed by atoms with Crippen molar-refractivity contribution in [2.45, 2.75) is 0 Å². The van der Waals surface area contributed by atoms with Crippen LogP contribution in [0.4, 0.5) is 0 Å². The molecule has 0 fully saturated rings. The first-order chi connectivity index (χ1) is 3.06. The summed E-state index contributed by atoms with van der Waals surface area (Å²) in [4.78, 5) is 0. The van der Waals surface area contributed by atoms with Gasteiger partial charge < -0.3 is 9.29 Å². The summed E-state index contributed by atoms with van der Waals surface area (Å²) in [5.74, 6) is -0.743. The molecule has 0 aliphatic carbocycles. The molecule has 0 aromatic carbocycles. The van der Waals surface area contributed by atoms with Crippen molar-refractivity contribution in [1.29, 1.82) is 0 Å². The van der Waals surface area contributed by atoms with Gasteiger partial charge in [0.15, 0.2) is 0 Å². The molecule has 0 N–H and O–H groups in total. The molecular weight excluding hydrogens is 143 g/mol. The van der Waals surface area contributed by atoms with E-state index in [9.17, 15) is 13.0 Å². The standard InChI is InChI=1S/C2H6O4S.Na/c1-6-2-7(3,4)5;/h2H2,1H3,(H,3,4,5);/q;+1/p-1. The van der Waals surface area contributed by atoms with E-state index in [0.717, 1.165) is 7.11 Å². The number of rotatable bonds is 2. The zero-order valence-corrected chi connectivity index (χ0v) is 7.56. The van der Waals surface area contributed by atoms with Crippen LogP contribution in [-0.4, -0.2) is 26.0 Å². The Labute approximate surface area is 70.3 Å². The fourth-order valence-corrected chi connectivity index (χ4v) is 0.433. The van der Waals surface area contributed by atoms with Crippen LogP contribution in [0.1, 0.15) is 0 Å². The second kappa shape index (κ2) is 4.72. The van der Waals surface area contributed by atoms with Crippen LogP contribution in [0.5, 0.6) is 0 Å². The van der Waals surface area contributed by atoms with Crippen molar-refractivity contribution in [1.82, 2.24) is 0 Å². The molecule has 0 atom stereocenters. The summed E-state index contributed by atoms with van der Waals surface area (Å²) in [5.41, 5.74) is 0. The van der Waals surface area contributed by atoms with Gasteiger partial charge >= 0.3 is 29.6 Å². The first-order valence-corrected chi connectivity index (χ1v) is 3.06. The van der Waals surface area contributed by atoms with Crippen LogP contribution in [0.2, 0.25) is 0 Å². The zero-order valence-electron chi connectivity index (χ0n) is 4.75. The second-order valence-corrected chi connectivity index (χ2v) is 2.32. The molecule has 0 aliphatic rings. The van der Waals surface area contributed by atoms with Crippen molar-refractivity contribution in [3.63, 3.8) is 0 Å². The van der Waals surface area contributed by atoms with E-state index in [0.29, 0.717) is 0 Å². The van der Waals surface area contributed by atoms with Gasteiger partial charge in [-0.05, 0) is 0 Å². The Morgan fingerprint density at radius 1 is 1.62 bits per heavy atom. The normalized spacial score (nSPS) is 10.2. The van der Waals surface area contributed by atoms with Crippen LogP contribution in [0.15, 0.2) is 0 Å². The molecule has 0 saturated heterocycles. The summed E-state index contributed by atoms with van der Waals surface area (Å²) in [6, 6.07) is 0. The van der Waals surface area contributed by atoms with Crippen molar-refractivity contribution in [3.05, 3.63) is 0 Å². The molecule has 0 rings (SSSR count). The molecule has 0 spiro atoms. The third kappa shape index (κ3) is 9.98. The summed E-state index contributed by atoms with van der Waals surface area (Å²) in [5, 5.41) is 0. The van der Waals surface area contributed by atoms with Gasteiger partial charge in [0.1, 0.15) is 16.1 Å². The van der Waals surface area contributed by atoms with E-state index < -0.39 is 16.1 Å². The van der Waals surface area contributed by atoms with Gasteiger partial charge in [0.2, 0.25) is 0 Å². The van der Waals surface area contributed by atoms with Crippen LogP contribution in [0.3, 0.4) is 0 Å². The van der Waals surface area contributed by atoms with Crippen LogP contribution in [0, 0.1) is 0 Å². The minimum atomic E-state index is -4.15. The zero-order chi connectivity index (χ0) is 5.91. The Balaban J connectivity index is 0. The third-order valence-corrected chi connectivity index (χ3v) is 0.787. The van der Waals surface area contributed by atoms with Gasteiger partial charge in [-0.3, -0.25) is 0 Å². The van der Waals surface area contributed by atoms with Crippen molar-refractivity contribution in [2.75, 3.05) is 13.0 Å². The van der Waals surface area contributed by atoms with Crippen LogP contribution in [-0.2, 0) is 14.9 Å². The molecule has 0 amide bonds. The van der Waals surface area contributed by atoms with E-state index in [1.807, 2.05) is 0 Å². The molecule has 0 radical (unpaired) electrons. The number of methoxy groups -OCH3 is 1. The smallest absolute Gasteiger partial charge is 0.746 e. The molecule has 6 heteroatoms. The Kier molecular flexibility index (Phi) is 6.87. The molecule has 0 aliphatic heterocycles. The molecule has 0 bridgehead atoms. The van der Waals surface area contributed by atoms with E-state index >= 15 is 0 Å². The fourth-order valence-electron chi connectivity index (χ4n) is 0.144. The van der Waals surface area contributed by atoms with Crippen LogP contribution >= 0.6 is 0 Å². The summed E-state index contributed by atoms with van der Waals surface area (Å²) in [6.07, 6.45) is 0. The molecule has 44 valence electrons. The quantitative estimate of drug-likeness (QED) is 0.297. The summed E-state index contributed by atoms with van der Waals surface area (Å²) >= 11 is 0. The monoisotopic (exact) mass is 148 g/mol. The molecule has 0 aromatic heterocycles. The van der Waals surface area contributed by atoms with Gasteiger partial charge in [-0.2, -0.15) is 0 Å². The first kappa shape index (κ1) is 11.6. The van der Waals surface area contributed by atoms with E-state index in [1.54, 1.807) is 0 Å². The van der Waals surface area contributed by atoms with Crippen LogP contribution in [0.25, 0.3) is 0 Å². The minimum Gasteiger partial charge on any atom is -0.746 e. The van der Waals surface area contributed by atoms with Gasteiger partial charge in [0.25, 0.3) is 0 Å². The van der Waals surface area contributed by atoms with E-state index in [1.165, 1.54) is 0 Å². The molecule has 8 heavy (non-hydrogen) atoms. The van der Waals surface area contributed by atoms with Crippen molar-refractivity contribution >= 4 is 10.1 Å². The second-order valence-electron chi connectivity index (χ2n) is 0.964. The van der Waals surface area contributed by atoms with E-state index in [-0.39, 0.29) is 29.6 Å². The van der Waals surface area contributed by atoms with Crippen molar-refractivity contribution in [2.24, 2.45) is 0 Å².